The Morgan fingerprint density at radius 2 is 1.75 bits per heavy atom. The zero-order chi connectivity index (χ0) is 22.5. The average molecular weight is 439 g/mol. The summed E-state index contributed by atoms with van der Waals surface area (Å²) in [6.07, 6.45) is 6.33. The number of methoxy groups -OCH3 is 1. The molecule has 4 saturated carbocycles. The number of aryl methyl sites for hydroxylation is 1. The minimum absolute atomic E-state index is 0.0225. The number of hydrogen-bond donors (Lipinski definition) is 1. The zero-order valence-corrected chi connectivity index (χ0v) is 19.1. The number of amides is 3. The van der Waals surface area contributed by atoms with E-state index >= 15 is 0 Å². The third-order valence-electron chi connectivity index (χ3n) is 8.60. The maximum atomic E-state index is 13.6. The predicted octanol–water partition coefficient (Wildman–Crippen LogP) is 2.97. The summed E-state index contributed by atoms with van der Waals surface area (Å²) in [5.41, 5.74) is 0.592. The lowest BCUT2D eigenvalue weighted by atomic mass is 9.54. The fourth-order valence-corrected chi connectivity index (χ4v) is 7.44. The van der Waals surface area contributed by atoms with Crippen molar-refractivity contribution in [2.24, 2.45) is 23.7 Å². The lowest BCUT2D eigenvalue weighted by Gasteiger charge is -2.54. The highest BCUT2D eigenvalue weighted by atomic mass is 16.5. The quantitative estimate of drug-likeness (QED) is 0.664. The van der Waals surface area contributed by atoms with Gasteiger partial charge in [0.2, 0.25) is 17.7 Å². The van der Waals surface area contributed by atoms with E-state index < -0.39 is 5.41 Å². The Hall–Kier alpha value is -2.21. The van der Waals surface area contributed by atoms with Gasteiger partial charge < -0.3 is 10.1 Å². The van der Waals surface area contributed by atoms with Crippen LogP contribution in [0.3, 0.4) is 0 Å². The summed E-state index contributed by atoms with van der Waals surface area (Å²) in [6, 6.07) is 7.88. The van der Waals surface area contributed by atoms with Crippen LogP contribution in [-0.2, 0) is 24.5 Å². The summed E-state index contributed by atoms with van der Waals surface area (Å²) < 4.78 is 5.11. The SMILES string of the molecule is COCCN1C(=O)C[C@](CC(=O)NC2C3CC4CC(C3)CC2C4)(c2ccccc2C)C1=O. The summed E-state index contributed by atoms with van der Waals surface area (Å²) >= 11 is 0. The fourth-order valence-electron chi connectivity index (χ4n) is 7.44. The predicted molar refractivity (Wildman–Crippen MR) is 120 cm³/mol. The first-order chi connectivity index (χ1) is 15.4. The Labute approximate surface area is 190 Å². The molecule has 0 spiro atoms. The molecule has 4 aliphatic carbocycles. The maximum Gasteiger partial charge on any atom is 0.240 e. The van der Waals surface area contributed by atoms with Crippen molar-refractivity contribution in [2.75, 3.05) is 20.3 Å². The molecule has 32 heavy (non-hydrogen) atoms. The smallest absolute Gasteiger partial charge is 0.240 e. The van der Waals surface area contributed by atoms with E-state index in [-0.39, 0.29) is 43.1 Å². The molecule has 1 N–H and O–H groups in total. The van der Waals surface area contributed by atoms with Gasteiger partial charge in [0.1, 0.15) is 0 Å². The van der Waals surface area contributed by atoms with Crippen LogP contribution in [0.15, 0.2) is 24.3 Å². The highest BCUT2D eigenvalue weighted by Crippen LogP contribution is 2.54. The summed E-state index contributed by atoms with van der Waals surface area (Å²) in [7, 11) is 1.55. The molecule has 1 aromatic rings. The molecule has 1 atom stereocenters. The molecule has 0 aromatic heterocycles. The first-order valence-electron chi connectivity index (χ1n) is 12.1. The van der Waals surface area contributed by atoms with E-state index in [2.05, 4.69) is 5.32 Å². The topological polar surface area (TPSA) is 75.7 Å². The summed E-state index contributed by atoms with van der Waals surface area (Å²) in [6.45, 7) is 2.46. The number of ether oxygens (including phenoxy) is 1. The highest BCUT2D eigenvalue weighted by Gasteiger charge is 2.55. The first kappa shape index (κ1) is 21.6. The molecule has 172 valence electrons. The van der Waals surface area contributed by atoms with E-state index in [1.54, 1.807) is 7.11 Å². The molecule has 0 unspecified atom stereocenters. The molecule has 1 saturated heterocycles. The van der Waals surface area contributed by atoms with Crippen molar-refractivity contribution in [1.82, 2.24) is 10.2 Å². The second-order valence-corrected chi connectivity index (χ2v) is 10.6. The van der Waals surface area contributed by atoms with Crippen molar-refractivity contribution in [2.45, 2.75) is 63.3 Å². The molecule has 1 aliphatic heterocycles. The molecule has 6 nitrogen and oxygen atoms in total. The van der Waals surface area contributed by atoms with E-state index in [1.165, 1.54) is 37.0 Å². The molecule has 1 heterocycles. The number of carbonyl (C=O) groups excluding carboxylic acids is 3. The summed E-state index contributed by atoms with van der Waals surface area (Å²) in [5.74, 6) is 2.24. The molecule has 6 rings (SSSR count). The molecule has 5 aliphatic rings. The zero-order valence-electron chi connectivity index (χ0n) is 19.1. The molecule has 6 heteroatoms. The average Bonchev–Trinajstić information content (AvgIpc) is 2.98. The van der Waals surface area contributed by atoms with E-state index in [1.807, 2.05) is 31.2 Å². The van der Waals surface area contributed by atoms with Crippen molar-refractivity contribution in [3.05, 3.63) is 35.4 Å². The van der Waals surface area contributed by atoms with E-state index in [0.29, 0.717) is 18.4 Å². The van der Waals surface area contributed by atoms with E-state index in [0.717, 1.165) is 23.0 Å². The maximum absolute atomic E-state index is 13.6. The van der Waals surface area contributed by atoms with Crippen LogP contribution in [0.25, 0.3) is 0 Å². The van der Waals surface area contributed by atoms with Gasteiger partial charge in [0.25, 0.3) is 0 Å². The van der Waals surface area contributed by atoms with E-state index in [9.17, 15) is 14.4 Å². The number of nitrogens with zero attached hydrogens (tertiary/aromatic N) is 1. The molecular weight excluding hydrogens is 404 g/mol. The van der Waals surface area contributed by atoms with Crippen molar-refractivity contribution in [3.8, 4) is 0 Å². The second-order valence-electron chi connectivity index (χ2n) is 10.6. The lowest BCUT2D eigenvalue weighted by molar-refractivity contribution is -0.142. The largest absolute Gasteiger partial charge is 0.383 e. The van der Waals surface area contributed by atoms with Crippen LogP contribution in [0.2, 0.25) is 0 Å². The Balaban J connectivity index is 1.39. The number of benzene rings is 1. The number of carbonyl (C=O) groups is 3. The van der Waals surface area contributed by atoms with Crippen molar-refractivity contribution in [1.29, 1.82) is 0 Å². The number of nitrogens with one attached hydrogen (secondary N) is 1. The van der Waals surface area contributed by atoms with Crippen LogP contribution < -0.4 is 5.32 Å². The first-order valence-corrected chi connectivity index (χ1v) is 12.1. The lowest BCUT2D eigenvalue weighted by Crippen LogP contribution is -2.56. The van der Waals surface area contributed by atoms with Crippen molar-refractivity contribution >= 4 is 17.7 Å². The van der Waals surface area contributed by atoms with Crippen LogP contribution >= 0.6 is 0 Å². The number of likely N-dealkylation sites (tertiary alicyclic amines) is 1. The van der Waals surface area contributed by atoms with Crippen LogP contribution in [0.5, 0.6) is 0 Å². The molecule has 4 bridgehead atoms. The van der Waals surface area contributed by atoms with E-state index in [4.69, 9.17) is 4.74 Å². The third kappa shape index (κ3) is 3.57. The highest BCUT2D eigenvalue weighted by molar-refractivity contribution is 6.11. The van der Waals surface area contributed by atoms with Crippen LogP contribution in [-0.4, -0.2) is 48.9 Å². The van der Waals surface area contributed by atoms with Gasteiger partial charge in [0.15, 0.2) is 0 Å². The molecule has 1 aromatic carbocycles. The van der Waals surface area contributed by atoms with Crippen molar-refractivity contribution in [3.63, 3.8) is 0 Å². The molecule has 5 fully saturated rings. The molecular formula is C26H34N2O4. The van der Waals surface area contributed by atoms with Gasteiger partial charge >= 0.3 is 0 Å². The number of rotatable bonds is 7. The normalized spacial score (nSPS) is 35.6. The van der Waals surface area contributed by atoms with Gasteiger partial charge in [0, 0.05) is 26.0 Å². The van der Waals surface area contributed by atoms with Crippen LogP contribution in [0.1, 0.15) is 56.1 Å². The minimum Gasteiger partial charge on any atom is -0.383 e. The summed E-state index contributed by atoms with van der Waals surface area (Å²) in [4.78, 5) is 41.2. The minimum atomic E-state index is -1.13. The van der Waals surface area contributed by atoms with Gasteiger partial charge in [-0.25, -0.2) is 0 Å². The Kier molecular flexibility index (Phi) is 5.60. The van der Waals surface area contributed by atoms with Gasteiger partial charge in [0.05, 0.1) is 18.6 Å². The summed E-state index contributed by atoms with van der Waals surface area (Å²) in [5, 5.41) is 3.35. The monoisotopic (exact) mass is 438 g/mol. The Bertz CT molecular complexity index is 900. The van der Waals surface area contributed by atoms with Gasteiger partial charge in [-0.15, -0.1) is 0 Å². The number of hydrogen-bond acceptors (Lipinski definition) is 4. The number of imide groups is 1. The fraction of sp³-hybridized carbons (Fsp3) is 0.654. The van der Waals surface area contributed by atoms with Gasteiger partial charge in [-0.3, -0.25) is 19.3 Å². The molecule has 0 radical (unpaired) electrons. The standard InChI is InChI=1S/C26H34N2O4/c1-16-5-3-4-6-21(16)26(15-23(30)28(25(26)31)7-8-32-2)14-22(29)27-24-19-10-17-9-18(12-19)13-20(24)11-17/h3-6,17-20,24H,7-15H2,1-2H3,(H,27,29)/t17?,18?,19?,20?,24?,26-/m1/s1. The third-order valence-corrected chi connectivity index (χ3v) is 8.60. The Morgan fingerprint density at radius 3 is 2.38 bits per heavy atom. The van der Waals surface area contributed by atoms with Crippen molar-refractivity contribution < 1.29 is 19.1 Å². The van der Waals surface area contributed by atoms with Gasteiger partial charge in [-0.1, -0.05) is 24.3 Å². The van der Waals surface area contributed by atoms with Gasteiger partial charge in [-0.2, -0.15) is 0 Å². The van der Waals surface area contributed by atoms with Crippen LogP contribution in [0.4, 0.5) is 0 Å². The second kappa shape index (κ2) is 8.29. The van der Waals surface area contributed by atoms with Gasteiger partial charge in [-0.05, 0) is 73.8 Å². The molecule has 3 amide bonds. The van der Waals surface area contributed by atoms with Crippen LogP contribution in [0, 0.1) is 30.6 Å². The Morgan fingerprint density at radius 1 is 1.09 bits per heavy atom.